The van der Waals surface area contributed by atoms with Crippen molar-refractivity contribution in [2.45, 2.75) is 6.04 Å². The van der Waals surface area contributed by atoms with Crippen molar-refractivity contribution in [3.05, 3.63) is 71.8 Å². The molecule has 0 aliphatic carbocycles. The van der Waals surface area contributed by atoms with Crippen molar-refractivity contribution in [1.29, 1.82) is 0 Å². The summed E-state index contributed by atoms with van der Waals surface area (Å²) in [5.74, 6) is 1.80. The van der Waals surface area contributed by atoms with E-state index in [1.54, 1.807) is 26.5 Å². The first-order valence-corrected chi connectivity index (χ1v) is 9.21. The zero-order valence-electron chi connectivity index (χ0n) is 17.3. The minimum atomic E-state index is -0.472. The van der Waals surface area contributed by atoms with Gasteiger partial charge >= 0.3 is 0 Å². The van der Waals surface area contributed by atoms with Crippen LogP contribution < -0.4 is 19.7 Å². The summed E-state index contributed by atoms with van der Waals surface area (Å²) in [5, 5.41) is 3.10. The number of hydrogen-bond donors (Lipinski definition) is 1. The van der Waals surface area contributed by atoms with Gasteiger partial charge in [-0.05, 0) is 42.0 Å². The van der Waals surface area contributed by atoms with Crippen molar-refractivity contribution in [3.63, 3.8) is 0 Å². The highest BCUT2D eigenvalue weighted by Gasteiger charge is 2.23. The summed E-state index contributed by atoms with van der Waals surface area (Å²) in [4.78, 5) is 19.4. The number of nitrogens with one attached hydrogen (secondary N) is 1. The van der Waals surface area contributed by atoms with Gasteiger partial charge in [0.15, 0.2) is 0 Å². The van der Waals surface area contributed by atoms with E-state index >= 15 is 0 Å². The van der Waals surface area contributed by atoms with Crippen LogP contribution in [0.4, 0.5) is 5.69 Å². The fourth-order valence-corrected chi connectivity index (χ4v) is 3.07. The van der Waals surface area contributed by atoms with E-state index in [1.165, 1.54) is 0 Å². The smallest absolute Gasteiger partial charge is 0.252 e. The molecule has 152 valence electrons. The van der Waals surface area contributed by atoms with E-state index in [0.717, 1.165) is 11.3 Å². The number of carbonyl (C=O) groups excluding carboxylic acids is 1. The molecule has 0 bridgehead atoms. The average molecular weight is 394 g/mol. The second-order valence-corrected chi connectivity index (χ2v) is 6.89. The van der Waals surface area contributed by atoms with Gasteiger partial charge in [0.2, 0.25) is 0 Å². The van der Waals surface area contributed by atoms with Crippen molar-refractivity contribution in [3.8, 4) is 11.5 Å². The van der Waals surface area contributed by atoms with Gasteiger partial charge in [0.05, 0.1) is 14.2 Å². The van der Waals surface area contributed by atoms with E-state index < -0.39 is 6.04 Å². The Bertz CT molecular complexity index is 958. The number of amides is 1. The summed E-state index contributed by atoms with van der Waals surface area (Å²) in [6.07, 6.45) is 3.55. The van der Waals surface area contributed by atoms with Gasteiger partial charge in [0, 0.05) is 50.9 Å². The van der Waals surface area contributed by atoms with Crippen LogP contribution in [0.5, 0.6) is 11.5 Å². The van der Waals surface area contributed by atoms with Gasteiger partial charge in [-0.2, -0.15) is 0 Å². The van der Waals surface area contributed by atoms with Gasteiger partial charge < -0.3 is 24.3 Å². The van der Waals surface area contributed by atoms with Crippen LogP contribution in [0.15, 0.2) is 54.9 Å². The first-order valence-electron chi connectivity index (χ1n) is 9.21. The van der Waals surface area contributed by atoms with Crippen molar-refractivity contribution < 1.29 is 14.3 Å². The molecule has 0 aliphatic rings. The van der Waals surface area contributed by atoms with Crippen molar-refractivity contribution >= 4 is 11.6 Å². The summed E-state index contributed by atoms with van der Waals surface area (Å²) >= 11 is 0. The topological polar surface area (TPSA) is 68.6 Å². The molecule has 7 nitrogen and oxygen atoms in total. The van der Waals surface area contributed by atoms with E-state index in [4.69, 9.17) is 9.47 Å². The molecule has 0 fully saturated rings. The first-order chi connectivity index (χ1) is 13.9. The highest BCUT2D eigenvalue weighted by molar-refractivity contribution is 5.95. The molecule has 0 radical (unpaired) electrons. The molecule has 3 rings (SSSR count). The number of carbonyl (C=O) groups is 1. The number of methoxy groups -OCH3 is 2. The molecule has 3 aromatic rings. The van der Waals surface area contributed by atoms with Crippen LogP contribution in [0.2, 0.25) is 0 Å². The normalized spacial score (nSPS) is 11.6. The maximum absolute atomic E-state index is 13.0. The number of benzene rings is 2. The summed E-state index contributed by atoms with van der Waals surface area (Å²) in [6, 6.07) is 12.5. The lowest BCUT2D eigenvalue weighted by molar-refractivity contribution is 0.0941. The molecule has 0 spiro atoms. The highest BCUT2D eigenvalue weighted by atomic mass is 16.5. The summed E-state index contributed by atoms with van der Waals surface area (Å²) in [5.41, 5.74) is 2.41. The van der Waals surface area contributed by atoms with Gasteiger partial charge in [0.1, 0.15) is 23.4 Å². The average Bonchev–Trinajstić information content (AvgIpc) is 3.16. The lowest BCUT2D eigenvalue weighted by atomic mass is 10.0. The summed E-state index contributed by atoms with van der Waals surface area (Å²) in [6.45, 7) is 0. The number of nitrogens with zero attached hydrogens (tertiary/aromatic N) is 3. The van der Waals surface area contributed by atoms with E-state index in [2.05, 4.69) is 10.3 Å². The minimum absolute atomic E-state index is 0.190. The second-order valence-electron chi connectivity index (χ2n) is 6.89. The van der Waals surface area contributed by atoms with Crippen molar-refractivity contribution in [1.82, 2.24) is 14.9 Å². The summed E-state index contributed by atoms with van der Waals surface area (Å²) in [7, 11) is 9.01. The van der Waals surface area contributed by atoms with Gasteiger partial charge in [-0.3, -0.25) is 4.79 Å². The zero-order valence-corrected chi connectivity index (χ0v) is 17.3. The van der Waals surface area contributed by atoms with Crippen LogP contribution in [-0.2, 0) is 7.05 Å². The lowest BCUT2D eigenvalue weighted by Crippen LogP contribution is -2.31. The van der Waals surface area contributed by atoms with Gasteiger partial charge in [-0.25, -0.2) is 4.98 Å². The monoisotopic (exact) mass is 394 g/mol. The predicted molar refractivity (Wildman–Crippen MR) is 113 cm³/mol. The molecule has 0 aliphatic heterocycles. The molecule has 29 heavy (non-hydrogen) atoms. The third kappa shape index (κ3) is 4.51. The van der Waals surface area contributed by atoms with E-state index in [0.29, 0.717) is 22.9 Å². The zero-order chi connectivity index (χ0) is 21.0. The number of aryl methyl sites for hydroxylation is 1. The second kappa shape index (κ2) is 8.68. The highest BCUT2D eigenvalue weighted by Crippen LogP contribution is 2.29. The third-order valence-electron chi connectivity index (χ3n) is 4.75. The quantitative estimate of drug-likeness (QED) is 0.667. The largest absolute Gasteiger partial charge is 0.497 e. The Hall–Kier alpha value is -3.48. The van der Waals surface area contributed by atoms with Crippen molar-refractivity contribution in [2.24, 2.45) is 7.05 Å². The third-order valence-corrected chi connectivity index (χ3v) is 4.75. The van der Waals surface area contributed by atoms with Gasteiger partial charge in [-0.15, -0.1) is 0 Å². The Morgan fingerprint density at radius 3 is 2.17 bits per heavy atom. The molecule has 1 unspecified atom stereocenters. The Labute approximate surface area is 170 Å². The molecular weight excluding hydrogens is 368 g/mol. The summed E-state index contributed by atoms with van der Waals surface area (Å²) < 4.78 is 12.7. The Morgan fingerprint density at radius 1 is 1.07 bits per heavy atom. The van der Waals surface area contributed by atoms with Crippen LogP contribution in [0.3, 0.4) is 0 Å². The standard InChI is InChI=1S/C22H26N4O3/c1-25(2)17-8-6-15(7-9-17)22(27)24-20(21-23-10-11-26(21)3)16-12-18(28-4)14-19(13-16)29-5/h6-14,20H,1-5H3,(H,24,27). The number of ether oxygens (including phenoxy) is 2. The Balaban J connectivity index is 1.97. The van der Waals surface area contributed by atoms with E-state index in [-0.39, 0.29) is 5.91 Å². The Kier molecular flexibility index (Phi) is 6.07. The molecule has 7 heteroatoms. The Morgan fingerprint density at radius 2 is 1.69 bits per heavy atom. The molecular formula is C22H26N4O3. The number of aromatic nitrogens is 2. The van der Waals surface area contributed by atoms with Crippen LogP contribution >= 0.6 is 0 Å². The number of hydrogen-bond acceptors (Lipinski definition) is 5. The minimum Gasteiger partial charge on any atom is -0.497 e. The molecule has 1 aromatic heterocycles. The maximum atomic E-state index is 13.0. The molecule has 1 heterocycles. The van der Waals surface area contributed by atoms with Gasteiger partial charge in [0.25, 0.3) is 5.91 Å². The molecule has 1 N–H and O–H groups in total. The maximum Gasteiger partial charge on any atom is 0.252 e. The van der Waals surface area contributed by atoms with Gasteiger partial charge in [-0.1, -0.05) is 0 Å². The van der Waals surface area contributed by atoms with Crippen LogP contribution in [-0.4, -0.2) is 43.8 Å². The molecule has 2 aromatic carbocycles. The predicted octanol–water partition coefficient (Wildman–Crippen LogP) is 3.02. The van der Waals surface area contributed by atoms with Crippen LogP contribution in [0, 0.1) is 0 Å². The van der Waals surface area contributed by atoms with Crippen LogP contribution in [0.25, 0.3) is 0 Å². The molecule has 0 saturated carbocycles. The van der Waals surface area contributed by atoms with Crippen molar-refractivity contribution in [2.75, 3.05) is 33.2 Å². The van der Waals surface area contributed by atoms with Crippen LogP contribution in [0.1, 0.15) is 27.8 Å². The molecule has 1 atom stereocenters. The fourth-order valence-electron chi connectivity index (χ4n) is 3.07. The number of imidazole rings is 1. The fraction of sp³-hybridized carbons (Fsp3) is 0.273. The SMILES string of the molecule is COc1cc(OC)cc(C(NC(=O)c2ccc(N(C)C)cc2)c2nccn2C)c1. The molecule has 0 saturated heterocycles. The number of anilines is 1. The number of rotatable bonds is 7. The van der Waals surface area contributed by atoms with E-state index in [9.17, 15) is 4.79 Å². The lowest BCUT2D eigenvalue weighted by Gasteiger charge is -2.21. The van der Waals surface area contributed by atoms with E-state index in [1.807, 2.05) is 73.2 Å². The molecule has 1 amide bonds. The first kappa shape index (κ1) is 20.3.